The van der Waals surface area contributed by atoms with Crippen LogP contribution in [0.3, 0.4) is 0 Å². The largest absolute Gasteiger partial charge is 0.367 e. The van der Waals surface area contributed by atoms with E-state index >= 15 is 0 Å². The average Bonchev–Trinajstić information content (AvgIpc) is 2.28. The van der Waals surface area contributed by atoms with E-state index in [0.717, 1.165) is 19.4 Å². The number of benzene rings is 1. The van der Waals surface area contributed by atoms with Crippen LogP contribution in [-0.2, 0) is 5.88 Å². The Kier molecular flexibility index (Phi) is 3.87. The molecule has 1 aromatic carbocycles. The summed E-state index contributed by atoms with van der Waals surface area (Å²) in [5, 5.41) is 0. The Bertz CT molecular complexity index is 385. The molecular weight excluding hydrogens is 244 g/mol. The van der Waals surface area contributed by atoms with Crippen molar-refractivity contribution in [1.82, 2.24) is 0 Å². The quantitative estimate of drug-likeness (QED) is 0.727. The van der Waals surface area contributed by atoms with Crippen LogP contribution in [0.4, 0.5) is 14.5 Å². The van der Waals surface area contributed by atoms with Gasteiger partial charge in [-0.05, 0) is 36.5 Å². The molecule has 0 saturated carbocycles. The summed E-state index contributed by atoms with van der Waals surface area (Å²) in [5.41, 5.74) is 0.584. The number of hydrogen-bond donors (Lipinski definition) is 0. The van der Waals surface area contributed by atoms with E-state index in [1.54, 1.807) is 4.90 Å². The van der Waals surface area contributed by atoms with Gasteiger partial charge in [0.1, 0.15) is 17.3 Å². The number of nitrogens with zero attached hydrogens (tertiary/aromatic N) is 1. The molecule has 0 spiro atoms. The molecular formula is C13H16ClF2N. The Labute approximate surface area is 105 Å². The molecule has 0 aliphatic carbocycles. The number of rotatable bonds is 2. The van der Waals surface area contributed by atoms with Gasteiger partial charge in [0.2, 0.25) is 0 Å². The lowest BCUT2D eigenvalue weighted by Gasteiger charge is -2.33. The second-order valence-electron chi connectivity index (χ2n) is 4.74. The van der Waals surface area contributed by atoms with Gasteiger partial charge in [0.15, 0.2) is 0 Å². The lowest BCUT2D eigenvalue weighted by atomic mass is 9.99. The number of hydrogen-bond acceptors (Lipinski definition) is 1. The zero-order valence-electron chi connectivity index (χ0n) is 9.85. The Morgan fingerprint density at radius 3 is 2.53 bits per heavy atom. The van der Waals surface area contributed by atoms with Crippen molar-refractivity contribution in [2.24, 2.45) is 5.92 Å². The second kappa shape index (κ2) is 5.21. The number of piperidine rings is 1. The van der Waals surface area contributed by atoms with Crippen LogP contribution < -0.4 is 4.90 Å². The molecule has 2 rings (SSSR count). The summed E-state index contributed by atoms with van der Waals surface area (Å²) in [5.74, 6) is -0.399. The third kappa shape index (κ3) is 2.71. The predicted molar refractivity (Wildman–Crippen MR) is 66.5 cm³/mol. The molecule has 0 aromatic heterocycles. The first-order valence-electron chi connectivity index (χ1n) is 5.90. The summed E-state index contributed by atoms with van der Waals surface area (Å²) in [6.07, 6.45) is 2.11. The fourth-order valence-corrected chi connectivity index (χ4v) is 2.54. The number of alkyl halides is 1. The molecule has 1 aliphatic heterocycles. The monoisotopic (exact) mass is 259 g/mol. The summed E-state index contributed by atoms with van der Waals surface area (Å²) in [6, 6.07) is 2.65. The minimum atomic E-state index is -0.505. The van der Waals surface area contributed by atoms with Gasteiger partial charge in [-0.15, -0.1) is 11.6 Å². The molecule has 1 nitrogen and oxygen atoms in total. The van der Waals surface area contributed by atoms with Crippen LogP contribution in [-0.4, -0.2) is 13.1 Å². The van der Waals surface area contributed by atoms with Gasteiger partial charge in [-0.25, -0.2) is 8.78 Å². The third-order valence-corrected chi connectivity index (χ3v) is 3.51. The van der Waals surface area contributed by atoms with Gasteiger partial charge in [0.25, 0.3) is 0 Å². The molecule has 1 unspecified atom stereocenters. The van der Waals surface area contributed by atoms with Gasteiger partial charge in [-0.1, -0.05) is 6.92 Å². The van der Waals surface area contributed by atoms with E-state index in [9.17, 15) is 8.78 Å². The van der Waals surface area contributed by atoms with E-state index in [2.05, 4.69) is 6.92 Å². The standard InChI is InChI=1S/C13H16ClF2N/c1-9-3-2-4-17(8-9)13-11(15)5-10(7-14)6-12(13)16/h5-6,9H,2-4,7-8H2,1H3. The fraction of sp³-hybridized carbons (Fsp3) is 0.538. The Morgan fingerprint density at radius 2 is 2.00 bits per heavy atom. The van der Waals surface area contributed by atoms with Crippen LogP contribution in [0.2, 0.25) is 0 Å². The summed E-state index contributed by atoms with van der Waals surface area (Å²) in [7, 11) is 0. The molecule has 1 atom stereocenters. The highest BCUT2D eigenvalue weighted by Crippen LogP contribution is 2.29. The smallest absolute Gasteiger partial charge is 0.149 e. The highest BCUT2D eigenvalue weighted by molar-refractivity contribution is 6.17. The zero-order chi connectivity index (χ0) is 12.4. The normalized spacial score (nSPS) is 20.7. The van der Waals surface area contributed by atoms with Gasteiger partial charge < -0.3 is 4.90 Å². The van der Waals surface area contributed by atoms with E-state index in [4.69, 9.17) is 11.6 Å². The van der Waals surface area contributed by atoms with Crippen LogP contribution in [0.25, 0.3) is 0 Å². The molecule has 17 heavy (non-hydrogen) atoms. The van der Waals surface area contributed by atoms with Crippen LogP contribution in [0.15, 0.2) is 12.1 Å². The SMILES string of the molecule is CC1CCCN(c2c(F)cc(CCl)cc2F)C1. The lowest BCUT2D eigenvalue weighted by molar-refractivity contribution is 0.436. The van der Waals surface area contributed by atoms with E-state index in [1.807, 2.05) is 0 Å². The predicted octanol–water partition coefficient (Wildman–Crippen LogP) is 3.94. The van der Waals surface area contributed by atoms with Gasteiger partial charge in [0, 0.05) is 19.0 Å². The van der Waals surface area contributed by atoms with Crippen LogP contribution >= 0.6 is 11.6 Å². The number of anilines is 1. The van der Waals surface area contributed by atoms with Crippen molar-refractivity contribution < 1.29 is 8.78 Å². The fourth-order valence-electron chi connectivity index (χ4n) is 2.39. The first-order chi connectivity index (χ1) is 8.11. The molecule has 0 N–H and O–H groups in total. The molecule has 1 saturated heterocycles. The zero-order valence-corrected chi connectivity index (χ0v) is 10.6. The molecule has 0 bridgehead atoms. The van der Waals surface area contributed by atoms with Crippen LogP contribution in [0, 0.1) is 17.6 Å². The van der Waals surface area contributed by atoms with Crippen molar-refractivity contribution in [3.63, 3.8) is 0 Å². The van der Waals surface area contributed by atoms with E-state index in [-0.39, 0.29) is 11.6 Å². The minimum Gasteiger partial charge on any atom is -0.367 e. The third-order valence-electron chi connectivity index (χ3n) is 3.20. The average molecular weight is 260 g/mol. The molecule has 1 heterocycles. The first-order valence-corrected chi connectivity index (χ1v) is 6.44. The maximum absolute atomic E-state index is 13.9. The number of halogens is 3. The Morgan fingerprint density at radius 1 is 1.35 bits per heavy atom. The first kappa shape index (κ1) is 12.6. The molecule has 1 aliphatic rings. The van der Waals surface area contributed by atoms with E-state index in [0.29, 0.717) is 18.0 Å². The highest BCUT2D eigenvalue weighted by atomic mass is 35.5. The summed E-state index contributed by atoms with van der Waals surface area (Å²) < 4.78 is 27.7. The molecule has 0 amide bonds. The van der Waals surface area contributed by atoms with Crippen LogP contribution in [0.1, 0.15) is 25.3 Å². The van der Waals surface area contributed by atoms with E-state index < -0.39 is 11.6 Å². The van der Waals surface area contributed by atoms with Gasteiger partial charge in [-0.2, -0.15) is 0 Å². The highest BCUT2D eigenvalue weighted by Gasteiger charge is 2.22. The molecule has 4 heteroatoms. The van der Waals surface area contributed by atoms with Gasteiger partial charge in [-0.3, -0.25) is 0 Å². The summed E-state index contributed by atoms with van der Waals surface area (Å²) >= 11 is 5.59. The Hall–Kier alpha value is -0.830. The molecule has 1 aromatic rings. The van der Waals surface area contributed by atoms with Crippen LogP contribution in [0.5, 0.6) is 0 Å². The van der Waals surface area contributed by atoms with Crippen molar-refractivity contribution in [3.05, 3.63) is 29.3 Å². The molecule has 1 fully saturated rings. The van der Waals surface area contributed by atoms with Crippen molar-refractivity contribution in [3.8, 4) is 0 Å². The minimum absolute atomic E-state index is 0.102. The van der Waals surface area contributed by atoms with Gasteiger partial charge in [0.05, 0.1) is 0 Å². The van der Waals surface area contributed by atoms with Crippen molar-refractivity contribution in [2.75, 3.05) is 18.0 Å². The Balaban J connectivity index is 2.31. The summed E-state index contributed by atoms with van der Waals surface area (Å²) in [4.78, 5) is 1.80. The van der Waals surface area contributed by atoms with Crippen molar-refractivity contribution in [1.29, 1.82) is 0 Å². The maximum Gasteiger partial charge on any atom is 0.149 e. The van der Waals surface area contributed by atoms with E-state index in [1.165, 1.54) is 12.1 Å². The van der Waals surface area contributed by atoms with Gasteiger partial charge >= 0.3 is 0 Å². The summed E-state index contributed by atoms with van der Waals surface area (Å²) in [6.45, 7) is 3.54. The lowest BCUT2D eigenvalue weighted by Crippen LogP contribution is -2.35. The molecule has 94 valence electrons. The molecule has 0 radical (unpaired) electrons. The maximum atomic E-state index is 13.9. The second-order valence-corrected chi connectivity index (χ2v) is 5.00. The van der Waals surface area contributed by atoms with Crippen molar-refractivity contribution >= 4 is 17.3 Å². The topological polar surface area (TPSA) is 3.24 Å². The van der Waals surface area contributed by atoms with Crippen molar-refractivity contribution in [2.45, 2.75) is 25.6 Å².